The number of rotatable bonds is 4. The Morgan fingerprint density at radius 3 is 2.64 bits per heavy atom. The molecular weight excluding hydrogens is 249 g/mol. The Kier molecular flexibility index (Phi) is 4.50. The predicted molar refractivity (Wildman–Crippen MR) is 55.6 cm³/mol. The zero-order valence-corrected chi connectivity index (χ0v) is 9.00. The number of hydrogen-bond acceptors (Lipinski definition) is 2. The second-order valence-electron chi connectivity index (χ2n) is 2.78. The predicted octanol–water partition coefficient (Wildman–Crippen LogP) is 3.19. The summed E-state index contributed by atoms with van der Waals surface area (Å²) in [7, 11) is 0. The number of halogens is 2. The molecule has 0 amide bonds. The Hall–Kier alpha value is -0.990. The number of nitrogens with zero attached hydrogens (tertiary/aromatic N) is 1. The van der Waals surface area contributed by atoms with Gasteiger partial charge in [-0.05, 0) is 17.7 Å². The highest BCUT2D eigenvalue weighted by atomic mass is 79.9. The molecule has 2 nitrogen and oxygen atoms in total. The minimum absolute atomic E-state index is 0.181. The molecule has 0 aliphatic heterocycles. The standard InChI is InChI=1S/C10H9BrFNO/c11-9-3-1-8(2-4-9)10(12)5-6-13-7-14/h1-4,10H,5-6H2. The SMILES string of the molecule is O=C=NCCC(F)c1ccc(Br)cc1. The van der Waals surface area contributed by atoms with Gasteiger partial charge in [0.25, 0.3) is 0 Å². The third kappa shape index (κ3) is 3.40. The van der Waals surface area contributed by atoms with E-state index in [4.69, 9.17) is 0 Å². The van der Waals surface area contributed by atoms with Crippen LogP contribution >= 0.6 is 15.9 Å². The van der Waals surface area contributed by atoms with Crippen molar-refractivity contribution in [2.24, 2.45) is 4.99 Å². The normalized spacial score (nSPS) is 11.9. The first kappa shape index (κ1) is 11.1. The molecule has 0 aromatic heterocycles. The average molecular weight is 258 g/mol. The van der Waals surface area contributed by atoms with Crippen molar-refractivity contribution in [3.63, 3.8) is 0 Å². The van der Waals surface area contributed by atoms with Gasteiger partial charge in [-0.15, -0.1) is 0 Å². The molecule has 74 valence electrons. The molecule has 0 saturated carbocycles. The van der Waals surface area contributed by atoms with E-state index in [1.807, 2.05) is 0 Å². The summed E-state index contributed by atoms with van der Waals surface area (Å²) in [5.41, 5.74) is 0.606. The van der Waals surface area contributed by atoms with Gasteiger partial charge < -0.3 is 0 Å². The van der Waals surface area contributed by atoms with Gasteiger partial charge >= 0.3 is 0 Å². The second-order valence-corrected chi connectivity index (χ2v) is 3.70. The van der Waals surface area contributed by atoms with Gasteiger partial charge in [0, 0.05) is 10.9 Å². The molecule has 0 saturated heterocycles. The molecule has 0 aliphatic rings. The summed E-state index contributed by atoms with van der Waals surface area (Å²) in [5, 5.41) is 0. The summed E-state index contributed by atoms with van der Waals surface area (Å²) in [4.78, 5) is 13.0. The van der Waals surface area contributed by atoms with Crippen LogP contribution in [-0.2, 0) is 4.79 Å². The fraction of sp³-hybridized carbons (Fsp3) is 0.300. The van der Waals surface area contributed by atoms with Gasteiger partial charge in [0.15, 0.2) is 0 Å². The molecule has 0 heterocycles. The topological polar surface area (TPSA) is 29.4 Å². The van der Waals surface area contributed by atoms with Gasteiger partial charge in [-0.1, -0.05) is 28.1 Å². The van der Waals surface area contributed by atoms with Crippen LogP contribution in [0.4, 0.5) is 4.39 Å². The van der Waals surface area contributed by atoms with E-state index in [1.165, 1.54) is 6.08 Å². The Morgan fingerprint density at radius 2 is 2.07 bits per heavy atom. The number of hydrogen-bond donors (Lipinski definition) is 0. The van der Waals surface area contributed by atoms with E-state index in [-0.39, 0.29) is 13.0 Å². The monoisotopic (exact) mass is 257 g/mol. The molecule has 1 atom stereocenters. The molecule has 0 spiro atoms. The summed E-state index contributed by atoms with van der Waals surface area (Å²) < 4.78 is 14.3. The molecular formula is C10H9BrFNO. The van der Waals surface area contributed by atoms with E-state index in [0.717, 1.165) is 4.47 Å². The first-order valence-corrected chi connectivity index (χ1v) is 4.96. The minimum Gasteiger partial charge on any atom is -0.242 e. The summed E-state index contributed by atoms with van der Waals surface area (Å²) in [6, 6.07) is 6.98. The van der Waals surface area contributed by atoms with Crippen LogP contribution < -0.4 is 0 Å². The molecule has 0 N–H and O–H groups in total. The van der Waals surface area contributed by atoms with Crippen LogP contribution in [0, 0.1) is 0 Å². The van der Waals surface area contributed by atoms with Crippen molar-refractivity contribution in [2.45, 2.75) is 12.6 Å². The lowest BCUT2D eigenvalue weighted by molar-refractivity contribution is 0.328. The number of isocyanates is 1. The van der Waals surface area contributed by atoms with Gasteiger partial charge in [-0.2, -0.15) is 0 Å². The smallest absolute Gasteiger partial charge is 0.234 e. The van der Waals surface area contributed by atoms with E-state index >= 15 is 0 Å². The van der Waals surface area contributed by atoms with E-state index in [1.54, 1.807) is 24.3 Å². The van der Waals surface area contributed by atoms with Crippen molar-refractivity contribution >= 4 is 22.0 Å². The third-order valence-electron chi connectivity index (χ3n) is 1.79. The maximum atomic E-state index is 13.4. The van der Waals surface area contributed by atoms with Crippen molar-refractivity contribution in [2.75, 3.05) is 6.54 Å². The van der Waals surface area contributed by atoms with Crippen LogP contribution in [0.1, 0.15) is 18.2 Å². The lowest BCUT2D eigenvalue weighted by Gasteiger charge is -2.05. The van der Waals surface area contributed by atoms with Crippen molar-refractivity contribution in [3.8, 4) is 0 Å². The zero-order chi connectivity index (χ0) is 10.4. The van der Waals surface area contributed by atoms with Crippen LogP contribution in [-0.4, -0.2) is 12.6 Å². The molecule has 14 heavy (non-hydrogen) atoms. The minimum atomic E-state index is -1.07. The fourth-order valence-electron chi connectivity index (χ4n) is 1.06. The molecule has 0 radical (unpaired) electrons. The van der Waals surface area contributed by atoms with Crippen molar-refractivity contribution < 1.29 is 9.18 Å². The fourth-order valence-corrected chi connectivity index (χ4v) is 1.33. The van der Waals surface area contributed by atoms with Crippen molar-refractivity contribution in [1.82, 2.24) is 0 Å². The molecule has 4 heteroatoms. The Balaban J connectivity index is 2.55. The zero-order valence-electron chi connectivity index (χ0n) is 7.41. The van der Waals surface area contributed by atoms with Crippen molar-refractivity contribution in [3.05, 3.63) is 34.3 Å². The Labute approximate surface area is 90.0 Å². The van der Waals surface area contributed by atoms with Crippen LogP contribution in [0.5, 0.6) is 0 Å². The van der Waals surface area contributed by atoms with Gasteiger partial charge in [-0.25, -0.2) is 14.2 Å². The van der Waals surface area contributed by atoms with E-state index in [2.05, 4.69) is 20.9 Å². The van der Waals surface area contributed by atoms with Gasteiger partial charge in [0.05, 0.1) is 6.54 Å². The number of aliphatic imine (C=N–C) groups is 1. The lowest BCUT2D eigenvalue weighted by Crippen LogP contribution is -1.93. The molecule has 1 unspecified atom stereocenters. The number of benzene rings is 1. The molecule has 1 aromatic carbocycles. The van der Waals surface area contributed by atoms with E-state index in [9.17, 15) is 9.18 Å². The van der Waals surface area contributed by atoms with Crippen LogP contribution in [0.25, 0.3) is 0 Å². The van der Waals surface area contributed by atoms with Crippen molar-refractivity contribution in [1.29, 1.82) is 0 Å². The van der Waals surface area contributed by atoms with Crippen LogP contribution in [0.15, 0.2) is 33.7 Å². The summed E-state index contributed by atoms with van der Waals surface area (Å²) in [5.74, 6) is 0. The quantitative estimate of drug-likeness (QED) is 0.602. The Morgan fingerprint density at radius 1 is 1.43 bits per heavy atom. The highest BCUT2D eigenvalue weighted by molar-refractivity contribution is 9.10. The molecule has 0 aliphatic carbocycles. The van der Waals surface area contributed by atoms with Gasteiger partial charge in [0.2, 0.25) is 6.08 Å². The Bertz CT molecular complexity index is 332. The number of alkyl halides is 1. The van der Waals surface area contributed by atoms with Crippen LogP contribution in [0.2, 0.25) is 0 Å². The van der Waals surface area contributed by atoms with E-state index < -0.39 is 6.17 Å². The molecule has 0 bridgehead atoms. The second kappa shape index (κ2) is 5.68. The van der Waals surface area contributed by atoms with E-state index in [0.29, 0.717) is 5.56 Å². The average Bonchev–Trinajstić information content (AvgIpc) is 2.19. The third-order valence-corrected chi connectivity index (χ3v) is 2.32. The maximum Gasteiger partial charge on any atom is 0.234 e. The van der Waals surface area contributed by atoms with Gasteiger partial charge in [-0.3, -0.25) is 0 Å². The first-order chi connectivity index (χ1) is 6.74. The lowest BCUT2D eigenvalue weighted by atomic mass is 10.1. The number of carbonyl (C=O) groups excluding carboxylic acids is 1. The largest absolute Gasteiger partial charge is 0.242 e. The maximum absolute atomic E-state index is 13.4. The summed E-state index contributed by atoms with van der Waals surface area (Å²) in [6.07, 6.45) is 0.534. The first-order valence-electron chi connectivity index (χ1n) is 4.17. The highest BCUT2D eigenvalue weighted by Gasteiger charge is 2.08. The van der Waals surface area contributed by atoms with Crippen LogP contribution in [0.3, 0.4) is 0 Å². The highest BCUT2D eigenvalue weighted by Crippen LogP contribution is 2.22. The molecule has 1 aromatic rings. The summed E-state index contributed by atoms with van der Waals surface area (Å²) in [6.45, 7) is 0.181. The van der Waals surface area contributed by atoms with Gasteiger partial charge in [0.1, 0.15) is 6.17 Å². The molecule has 0 fully saturated rings. The summed E-state index contributed by atoms with van der Waals surface area (Å²) >= 11 is 3.27. The molecule has 1 rings (SSSR count).